The molecule has 0 N–H and O–H groups in total. The van der Waals surface area contributed by atoms with Crippen LogP contribution in [-0.4, -0.2) is 32.6 Å². The van der Waals surface area contributed by atoms with Gasteiger partial charge in [-0.05, 0) is 18.6 Å². The van der Waals surface area contributed by atoms with Crippen LogP contribution < -0.4 is 9.47 Å². The van der Waals surface area contributed by atoms with E-state index >= 15 is 0 Å². The molecule has 1 atom stereocenters. The molecule has 3 nitrogen and oxygen atoms in total. The van der Waals surface area contributed by atoms with E-state index < -0.39 is 16.6 Å². The maximum absolute atomic E-state index is 12.4. The largest absolute Gasteiger partial charge is 0.490 e. The number of halogens is 8. The van der Waals surface area contributed by atoms with E-state index in [-0.39, 0.29) is 46.7 Å². The van der Waals surface area contributed by atoms with Crippen molar-refractivity contribution in [2.24, 2.45) is 5.41 Å². The molecular formula is C19H20Cl5F3O3. The lowest BCUT2D eigenvalue weighted by molar-refractivity contribution is -0.0852. The average molecular weight is 531 g/mol. The van der Waals surface area contributed by atoms with Gasteiger partial charge in [0.1, 0.15) is 21.9 Å². The molecular weight excluding hydrogens is 510 g/mol. The standard InChI is InChI=1S/C19H20Cl5F3O3/c1-3-18(2,10-28-6-4-15(22)19(25,26)27)11-30-17-13(20)8-12(9-14(17)21)29-7-5-16(23)24/h4-5,8-9H,3,6-7,10-11H2,1-2H3/b15-4-. The van der Waals surface area contributed by atoms with Crippen LogP contribution in [-0.2, 0) is 4.74 Å². The van der Waals surface area contributed by atoms with Gasteiger partial charge in [0.25, 0.3) is 0 Å². The first-order valence-corrected chi connectivity index (χ1v) is 10.5. The Kier molecular flexibility index (Phi) is 11.5. The Morgan fingerprint density at radius 3 is 2.07 bits per heavy atom. The van der Waals surface area contributed by atoms with Crippen LogP contribution in [0.15, 0.2) is 33.8 Å². The highest BCUT2D eigenvalue weighted by atomic mass is 35.5. The molecule has 0 radical (unpaired) electrons. The fourth-order valence-corrected chi connectivity index (χ4v) is 2.77. The van der Waals surface area contributed by atoms with Crippen LogP contribution in [0.3, 0.4) is 0 Å². The topological polar surface area (TPSA) is 27.7 Å². The second-order valence-corrected chi connectivity index (χ2v) is 8.77. The van der Waals surface area contributed by atoms with Crippen LogP contribution in [0.4, 0.5) is 13.2 Å². The van der Waals surface area contributed by atoms with Gasteiger partial charge in [-0.1, -0.05) is 71.9 Å². The van der Waals surface area contributed by atoms with Crippen molar-refractivity contribution in [1.82, 2.24) is 0 Å². The summed E-state index contributed by atoms with van der Waals surface area (Å²) in [5.74, 6) is 0.661. The summed E-state index contributed by atoms with van der Waals surface area (Å²) in [5, 5.41) is -0.753. The van der Waals surface area contributed by atoms with Crippen molar-refractivity contribution >= 4 is 58.0 Å². The summed E-state index contributed by atoms with van der Waals surface area (Å²) in [7, 11) is 0. The molecule has 0 saturated carbocycles. The van der Waals surface area contributed by atoms with E-state index in [1.165, 1.54) is 18.2 Å². The average Bonchev–Trinajstić information content (AvgIpc) is 2.63. The lowest BCUT2D eigenvalue weighted by atomic mass is 9.90. The maximum Gasteiger partial charge on any atom is 0.426 e. The van der Waals surface area contributed by atoms with E-state index in [0.717, 1.165) is 6.08 Å². The summed E-state index contributed by atoms with van der Waals surface area (Å²) in [6, 6.07) is 3.06. The SMILES string of the molecule is CCC(C)(COC/C=C(\Cl)C(F)(F)F)COc1c(Cl)cc(OCC=C(Cl)Cl)cc1Cl. The zero-order chi connectivity index (χ0) is 22.9. The van der Waals surface area contributed by atoms with Crippen LogP contribution in [0, 0.1) is 5.41 Å². The van der Waals surface area contributed by atoms with Crippen molar-refractivity contribution < 1.29 is 27.4 Å². The van der Waals surface area contributed by atoms with E-state index in [1.807, 2.05) is 13.8 Å². The van der Waals surface area contributed by atoms with E-state index in [0.29, 0.717) is 12.2 Å². The minimum absolute atomic E-state index is 0.0735. The van der Waals surface area contributed by atoms with Crippen molar-refractivity contribution in [3.8, 4) is 11.5 Å². The predicted molar refractivity (Wildman–Crippen MR) is 116 cm³/mol. The molecule has 0 aliphatic heterocycles. The van der Waals surface area contributed by atoms with Gasteiger partial charge < -0.3 is 14.2 Å². The van der Waals surface area contributed by atoms with Crippen molar-refractivity contribution in [1.29, 1.82) is 0 Å². The molecule has 0 bridgehead atoms. The first-order chi connectivity index (χ1) is 13.9. The molecule has 1 rings (SSSR count). The highest BCUT2D eigenvalue weighted by Gasteiger charge is 2.32. The quantitative estimate of drug-likeness (QED) is 0.270. The number of ether oxygens (including phenoxy) is 3. The van der Waals surface area contributed by atoms with E-state index in [2.05, 4.69) is 0 Å². The molecule has 0 saturated heterocycles. The Bertz CT molecular complexity index is 741. The minimum atomic E-state index is -4.59. The molecule has 1 aromatic carbocycles. The van der Waals surface area contributed by atoms with Crippen LogP contribution in [0.2, 0.25) is 10.0 Å². The first-order valence-electron chi connectivity index (χ1n) is 8.64. The monoisotopic (exact) mass is 528 g/mol. The van der Waals surface area contributed by atoms with E-state index in [1.54, 1.807) is 0 Å². The first kappa shape index (κ1) is 27.5. The van der Waals surface area contributed by atoms with E-state index in [4.69, 9.17) is 72.2 Å². The predicted octanol–water partition coefficient (Wildman–Crippen LogP) is 8.19. The van der Waals surface area contributed by atoms with Crippen LogP contribution in [0.25, 0.3) is 0 Å². The molecule has 0 fully saturated rings. The molecule has 0 aliphatic rings. The molecule has 1 aromatic rings. The Morgan fingerprint density at radius 2 is 1.57 bits per heavy atom. The summed E-state index contributed by atoms with van der Waals surface area (Å²) >= 11 is 28.7. The van der Waals surface area contributed by atoms with Gasteiger partial charge in [-0.2, -0.15) is 13.2 Å². The lowest BCUT2D eigenvalue weighted by Crippen LogP contribution is -2.30. The Balaban J connectivity index is 2.69. The van der Waals surface area contributed by atoms with Gasteiger partial charge >= 0.3 is 6.18 Å². The van der Waals surface area contributed by atoms with Gasteiger partial charge in [0.15, 0.2) is 5.75 Å². The summed E-state index contributed by atoms with van der Waals surface area (Å²) in [6.45, 7) is 3.94. The van der Waals surface area contributed by atoms with Gasteiger partial charge in [-0.15, -0.1) is 0 Å². The molecule has 0 aliphatic carbocycles. The molecule has 0 amide bonds. The highest BCUT2D eigenvalue weighted by molar-refractivity contribution is 6.55. The third-order valence-electron chi connectivity index (χ3n) is 3.98. The van der Waals surface area contributed by atoms with Crippen LogP contribution in [0.1, 0.15) is 20.3 Å². The fraction of sp³-hybridized carbons (Fsp3) is 0.474. The van der Waals surface area contributed by atoms with Gasteiger partial charge in [0, 0.05) is 17.5 Å². The molecule has 30 heavy (non-hydrogen) atoms. The van der Waals surface area contributed by atoms with E-state index in [9.17, 15) is 13.2 Å². The molecule has 170 valence electrons. The number of alkyl halides is 3. The summed E-state index contributed by atoms with van der Waals surface area (Å²) < 4.78 is 53.7. The third-order valence-corrected chi connectivity index (χ3v) is 5.22. The number of benzene rings is 1. The van der Waals surface area contributed by atoms with Gasteiger partial charge in [0.2, 0.25) is 0 Å². The summed E-state index contributed by atoms with van der Waals surface area (Å²) in [5.41, 5.74) is -0.498. The van der Waals surface area contributed by atoms with Gasteiger partial charge in [0.05, 0.1) is 29.9 Å². The van der Waals surface area contributed by atoms with Gasteiger partial charge in [-0.25, -0.2) is 0 Å². The minimum Gasteiger partial charge on any atom is -0.490 e. The lowest BCUT2D eigenvalue weighted by Gasteiger charge is -2.28. The highest BCUT2D eigenvalue weighted by Crippen LogP contribution is 2.38. The fourth-order valence-electron chi connectivity index (χ4n) is 2.00. The molecule has 1 unspecified atom stereocenters. The molecule has 0 aromatic heterocycles. The van der Waals surface area contributed by atoms with Crippen molar-refractivity contribution in [3.05, 3.63) is 43.9 Å². The second kappa shape index (κ2) is 12.5. The summed E-state index contributed by atoms with van der Waals surface area (Å²) in [6.07, 6.45) is -1.72. The summed E-state index contributed by atoms with van der Waals surface area (Å²) in [4.78, 5) is 0. The Hall–Kier alpha value is -0.500. The van der Waals surface area contributed by atoms with Crippen molar-refractivity contribution in [2.45, 2.75) is 26.4 Å². The molecule has 0 heterocycles. The second-order valence-electron chi connectivity index (χ2n) is 6.54. The van der Waals surface area contributed by atoms with Crippen molar-refractivity contribution in [3.63, 3.8) is 0 Å². The van der Waals surface area contributed by atoms with Crippen LogP contribution >= 0.6 is 58.0 Å². The Labute approximate surface area is 198 Å². The molecule has 11 heteroatoms. The third kappa shape index (κ3) is 9.75. The van der Waals surface area contributed by atoms with Crippen molar-refractivity contribution in [2.75, 3.05) is 26.4 Å². The molecule has 0 spiro atoms. The zero-order valence-corrected chi connectivity index (χ0v) is 19.9. The zero-order valence-electron chi connectivity index (χ0n) is 16.1. The number of allylic oxidation sites excluding steroid dienone is 1. The number of hydrogen-bond donors (Lipinski definition) is 0. The number of rotatable bonds is 11. The normalized spacial score (nSPS) is 14.3. The maximum atomic E-state index is 12.4. The Morgan fingerprint density at radius 1 is 0.967 bits per heavy atom. The van der Waals surface area contributed by atoms with Gasteiger partial charge in [-0.3, -0.25) is 0 Å². The smallest absolute Gasteiger partial charge is 0.426 e. The van der Waals surface area contributed by atoms with Crippen LogP contribution in [0.5, 0.6) is 11.5 Å². The number of hydrogen-bond acceptors (Lipinski definition) is 3.